The first-order chi connectivity index (χ1) is 21.3. The number of hydrogen-bond acceptors (Lipinski definition) is 17. The molecule has 242 valence electrons. The van der Waals surface area contributed by atoms with Crippen molar-refractivity contribution in [2.75, 3.05) is 24.7 Å². The molecule has 0 aliphatic carbocycles. The van der Waals surface area contributed by atoms with E-state index in [0.717, 1.165) is 12.7 Å². The van der Waals surface area contributed by atoms with Gasteiger partial charge >= 0.3 is 14.5 Å². The summed E-state index contributed by atoms with van der Waals surface area (Å²) in [6.45, 7) is -5.82. The average Bonchev–Trinajstić information content (AvgIpc) is 3.72. The lowest BCUT2D eigenvalue weighted by Gasteiger charge is -2.27. The molecule has 3 fully saturated rings. The van der Waals surface area contributed by atoms with Crippen molar-refractivity contribution in [3.05, 3.63) is 29.3 Å². The van der Waals surface area contributed by atoms with Gasteiger partial charge in [0.05, 0.1) is 25.9 Å². The second-order valence-electron chi connectivity index (χ2n) is 10.1. The molecular formula is C20H23FN10O11P2S. The van der Waals surface area contributed by atoms with E-state index in [1.165, 1.54) is 15.5 Å². The van der Waals surface area contributed by atoms with Crippen LogP contribution in [0.3, 0.4) is 0 Å². The number of phosphoric acid groups is 1. The normalized spacial score (nSPS) is 37.7. The number of aromatic nitrogens is 8. The lowest BCUT2D eigenvalue weighted by atomic mass is 10.1. The van der Waals surface area contributed by atoms with E-state index >= 15 is 4.39 Å². The SMILES string of the molecule is Nc1nc2c(ncn2[C@@H]2O[C@@H]3COP(=O)(O)OC4[C@@H](COP(O)(=S)OC2[C@H]3O)O[C@@H](n2cnc3c(N)ncnc32)[C@H]4F)c(=O)[nH]1. The molecule has 0 amide bonds. The van der Waals surface area contributed by atoms with Crippen LogP contribution in [-0.2, 0) is 43.9 Å². The van der Waals surface area contributed by atoms with Gasteiger partial charge < -0.3 is 40.4 Å². The fraction of sp³-hybridized carbons (Fsp3) is 0.500. The molecule has 21 nitrogen and oxygen atoms in total. The molecule has 45 heavy (non-hydrogen) atoms. The highest BCUT2D eigenvalue weighted by molar-refractivity contribution is 8.07. The molecule has 4 aromatic rings. The van der Waals surface area contributed by atoms with E-state index in [4.69, 9.17) is 50.8 Å². The molecule has 0 aromatic carbocycles. The Bertz CT molecular complexity index is 1950. The number of rotatable bonds is 2. The minimum absolute atomic E-state index is 0.0211. The number of nitrogen functional groups attached to an aromatic ring is 2. The number of hydrogen-bond donors (Lipinski definition) is 6. The first kappa shape index (κ1) is 30.6. The summed E-state index contributed by atoms with van der Waals surface area (Å²) in [7, 11) is -5.09. The molecule has 3 aliphatic rings. The lowest BCUT2D eigenvalue weighted by molar-refractivity contribution is -0.0635. The number of imidazole rings is 2. The summed E-state index contributed by atoms with van der Waals surface area (Å²) in [5.74, 6) is -0.232. The number of anilines is 2. The van der Waals surface area contributed by atoms with Crippen LogP contribution in [0.15, 0.2) is 23.8 Å². The zero-order chi connectivity index (χ0) is 31.8. The smallest absolute Gasteiger partial charge is 0.387 e. The van der Waals surface area contributed by atoms with Crippen LogP contribution >= 0.6 is 14.5 Å². The molecule has 8 N–H and O–H groups in total. The van der Waals surface area contributed by atoms with Crippen molar-refractivity contribution in [2.45, 2.75) is 49.1 Å². The minimum Gasteiger partial charge on any atom is -0.387 e. The van der Waals surface area contributed by atoms with Crippen LogP contribution in [0.25, 0.3) is 22.3 Å². The van der Waals surface area contributed by atoms with Gasteiger partial charge in [0.2, 0.25) is 5.95 Å². The van der Waals surface area contributed by atoms with Crippen molar-refractivity contribution >= 4 is 60.4 Å². The molecule has 10 atom stereocenters. The van der Waals surface area contributed by atoms with Crippen molar-refractivity contribution in [3.8, 4) is 0 Å². The van der Waals surface area contributed by atoms with Gasteiger partial charge in [0, 0.05) is 0 Å². The van der Waals surface area contributed by atoms with Crippen molar-refractivity contribution in [2.24, 2.45) is 0 Å². The third kappa shape index (κ3) is 5.43. The molecule has 4 unspecified atom stereocenters. The Morgan fingerprint density at radius 2 is 1.64 bits per heavy atom. The highest BCUT2D eigenvalue weighted by atomic mass is 32.5. The van der Waals surface area contributed by atoms with E-state index in [1.54, 1.807) is 0 Å². The zero-order valence-electron chi connectivity index (χ0n) is 22.3. The van der Waals surface area contributed by atoms with Crippen molar-refractivity contribution in [1.82, 2.24) is 39.0 Å². The van der Waals surface area contributed by atoms with Gasteiger partial charge in [-0.1, -0.05) is 0 Å². The topological polar surface area (TPSA) is 292 Å². The number of halogens is 1. The summed E-state index contributed by atoms with van der Waals surface area (Å²) < 4.78 is 64.4. The summed E-state index contributed by atoms with van der Waals surface area (Å²) in [6.07, 6.45) is -9.45. The van der Waals surface area contributed by atoms with Crippen LogP contribution in [0.4, 0.5) is 16.2 Å². The minimum atomic E-state index is -5.09. The number of nitrogens with zero attached hydrogens (tertiary/aromatic N) is 7. The summed E-state index contributed by atoms with van der Waals surface area (Å²) >= 11 is 5.18. The summed E-state index contributed by atoms with van der Waals surface area (Å²) in [4.78, 5) is 56.2. The molecule has 3 saturated heterocycles. The number of alkyl halides is 1. The third-order valence-electron chi connectivity index (χ3n) is 7.28. The number of aliphatic hydroxyl groups is 1. The predicted octanol–water partition coefficient (Wildman–Crippen LogP) is -1.25. The number of phosphoric ester groups is 1. The number of aliphatic hydroxyl groups excluding tert-OH is 1. The van der Waals surface area contributed by atoms with E-state index in [0.29, 0.717) is 0 Å². The van der Waals surface area contributed by atoms with Gasteiger partial charge in [-0.2, -0.15) is 4.98 Å². The molecule has 2 bridgehead atoms. The quantitative estimate of drug-likeness (QED) is 0.134. The Hall–Kier alpha value is -3.05. The molecule has 25 heteroatoms. The molecule has 0 saturated carbocycles. The van der Waals surface area contributed by atoms with Crippen LogP contribution in [0, 0.1) is 0 Å². The standard InChI is InChI=1S/C20H23FN10O11P2S/c21-8-12-7(40-18(8)30-4-26-9-14(22)24-3-25-15(9)30)2-38-44(36,45)42-13-11(32)6(1-37-43(34,35)41-12)39-19(13)31-5-27-10-16(31)28-20(23)29-17(10)33/h3-8,11-13,18-19,32H,1-2H2,(H,34,35)(H,36,45)(H2,22,24,25)(H3,23,28,29,33)/t6-,7-,8+,11+,12?,13?,18-,19-,44?/m1/s1. The Balaban J connectivity index is 1.21. The molecule has 4 aromatic heterocycles. The molecule has 0 radical (unpaired) electrons. The second kappa shape index (κ2) is 11.0. The lowest BCUT2D eigenvalue weighted by Crippen LogP contribution is -2.35. The van der Waals surface area contributed by atoms with E-state index in [9.17, 15) is 24.3 Å². The second-order valence-corrected chi connectivity index (χ2v) is 14.3. The van der Waals surface area contributed by atoms with Gasteiger partial charge in [-0.3, -0.25) is 32.5 Å². The average molecular weight is 692 g/mol. The number of fused-ring (bicyclic) bond motifs is 5. The van der Waals surface area contributed by atoms with Gasteiger partial charge in [0.15, 0.2) is 41.3 Å². The summed E-state index contributed by atoms with van der Waals surface area (Å²) in [5.41, 5.74) is 10.9. The van der Waals surface area contributed by atoms with Crippen molar-refractivity contribution in [1.29, 1.82) is 0 Å². The maximum absolute atomic E-state index is 15.9. The highest BCUT2D eigenvalue weighted by Gasteiger charge is 2.54. The molecule has 7 rings (SSSR count). The number of nitrogens with two attached hydrogens (primary N) is 2. The fourth-order valence-corrected chi connectivity index (χ4v) is 7.63. The van der Waals surface area contributed by atoms with Crippen LogP contribution in [0.1, 0.15) is 12.5 Å². The van der Waals surface area contributed by atoms with Crippen molar-refractivity contribution < 1.29 is 51.4 Å². The van der Waals surface area contributed by atoms with Crippen molar-refractivity contribution in [3.63, 3.8) is 0 Å². The predicted molar refractivity (Wildman–Crippen MR) is 149 cm³/mol. The van der Waals surface area contributed by atoms with Gasteiger partial charge in [-0.25, -0.2) is 28.9 Å². The number of aromatic amines is 1. The van der Waals surface area contributed by atoms with Crippen LogP contribution in [0.2, 0.25) is 0 Å². The highest BCUT2D eigenvalue weighted by Crippen LogP contribution is 2.54. The summed E-state index contributed by atoms with van der Waals surface area (Å²) in [6, 6.07) is 0. The van der Waals surface area contributed by atoms with E-state index in [1.807, 2.05) is 0 Å². The molecule has 0 spiro atoms. The molecular weight excluding hydrogens is 669 g/mol. The number of nitrogens with one attached hydrogen (secondary N) is 1. The van der Waals surface area contributed by atoms with Gasteiger partial charge in [-0.15, -0.1) is 0 Å². The van der Waals surface area contributed by atoms with Crippen LogP contribution < -0.4 is 17.0 Å². The van der Waals surface area contributed by atoms with E-state index in [-0.39, 0.29) is 34.1 Å². The van der Waals surface area contributed by atoms with Crippen LogP contribution in [-0.4, -0.2) is 104 Å². The van der Waals surface area contributed by atoms with Gasteiger partial charge in [-0.05, 0) is 11.8 Å². The first-order valence-corrected chi connectivity index (χ1v) is 17.0. The number of ether oxygens (including phenoxy) is 2. The molecule has 7 heterocycles. The van der Waals surface area contributed by atoms with Crippen LogP contribution in [0.5, 0.6) is 0 Å². The Morgan fingerprint density at radius 1 is 0.956 bits per heavy atom. The Labute approximate surface area is 254 Å². The zero-order valence-corrected chi connectivity index (χ0v) is 24.9. The monoisotopic (exact) mass is 692 g/mol. The Morgan fingerprint density at radius 3 is 2.42 bits per heavy atom. The van der Waals surface area contributed by atoms with E-state index in [2.05, 4.69) is 29.9 Å². The maximum atomic E-state index is 15.9. The molecule has 3 aliphatic heterocycles. The Kier molecular flexibility index (Phi) is 7.50. The maximum Gasteiger partial charge on any atom is 0.472 e. The van der Waals surface area contributed by atoms with Gasteiger partial charge in [0.1, 0.15) is 42.4 Å². The number of H-pyrrole nitrogens is 1. The fourth-order valence-electron chi connectivity index (χ4n) is 5.26. The van der Waals surface area contributed by atoms with E-state index < -0.39 is 82.5 Å². The third-order valence-corrected chi connectivity index (χ3v) is 9.82. The largest absolute Gasteiger partial charge is 0.472 e. The van der Waals surface area contributed by atoms with Gasteiger partial charge in [0.25, 0.3) is 5.56 Å². The summed E-state index contributed by atoms with van der Waals surface area (Å²) in [5, 5.41) is 11.1. The first-order valence-electron chi connectivity index (χ1n) is 12.9.